The molecule has 1 saturated carbocycles. The van der Waals surface area contributed by atoms with E-state index >= 15 is 0 Å². The van der Waals surface area contributed by atoms with Crippen LogP contribution in [-0.2, 0) is 22.5 Å². The Bertz CT molecular complexity index is 688. The van der Waals surface area contributed by atoms with Crippen molar-refractivity contribution in [3.8, 4) is 0 Å². The van der Waals surface area contributed by atoms with Crippen molar-refractivity contribution < 1.29 is 22.2 Å². The molecule has 0 N–H and O–H groups in total. The number of rotatable bonds is 2. The Morgan fingerprint density at radius 1 is 1.00 bits per heavy atom. The normalized spacial score (nSPS) is 16.3. The quantitative estimate of drug-likeness (QED) is 0.452. The second-order valence-electron chi connectivity index (χ2n) is 6.10. The van der Waals surface area contributed by atoms with Gasteiger partial charge < -0.3 is 5.11 Å². The molecule has 2 aromatic rings. The van der Waals surface area contributed by atoms with Crippen molar-refractivity contribution >= 4 is 5.76 Å². The zero-order chi connectivity index (χ0) is 15.4. The van der Waals surface area contributed by atoms with Crippen molar-refractivity contribution in [1.29, 1.82) is 0 Å². The molecular formula is C21H20FeO. The van der Waals surface area contributed by atoms with Crippen LogP contribution in [0.15, 0.2) is 84.5 Å². The van der Waals surface area contributed by atoms with Crippen LogP contribution in [0.4, 0.5) is 0 Å². The second kappa shape index (κ2) is 7.59. The fourth-order valence-electron chi connectivity index (χ4n) is 2.53. The molecule has 0 radical (unpaired) electrons. The maximum atomic E-state index is 11.7. The summed E-state index contributed by atoms with van der Waals surface area (Å²) in [6, 6.07) is 18.0. The molecule has 0 spiro atoms. The largest absolute Gasteiger partial charge is 2.00 e. The molecule has 0 saturated heterocycles. The molecule has 0 aliphatic heterocycles. The zero-order valence-corrected chi connectivity index (χ0v) is 14.3. The van der Waals surface area contributed by atoms with Gasteiger partial charge in [-0.2, -0.15) is 17.7 Å². The van der Waals surface area contributed by atoms with Crippen LogP contribution < -0.4 is 5.11 Å². The first-order valence-corrected chi connectivity index (χ1v) is 7.73. The topological polar surface area (TPSA) is 23.1 Å². The van der Waals surface area contributed by atoms with Crippen molar-refractivity contribution in [2.75, 3.05) is 0 Å². The van der Waals surface area contributed by atoms with Crippen molar-refractivity contribution in [2.24, 2.45) is 0 Å². The molecule has 2 aromatic carbocycles. The van der Waals surface area contributed by atoms with E-state index in [9.17, 15) is 5.11 Å². The van der Waals surface area contributed by atoms with Gasteiger partial charge in [0.25, 0.3) is 0 Å². The van der Waals surface area contributed by atoms with E-state index in [1.54, 1.807) is 0 Å². The number of hydrogen-bond donors (Lipinski definition) is 0. The summed E-state index contributed by atoms with van der Waals surface area (Å²) in [5, 5.41) is 11.7. The molecule has 2 heteroatoms. The van der Waals surface area contributed by atoms with Crippen LogP contribution in [0, 0.1) is 0 Å². The van der Waals surface area contributed by atoms with E-state index in [1.165, 1.54) is 18.4 Å². The average Bonchev–Trinajstić information content (AvgIpc) is 3.05. The predicted octanol–water partition coefficient (Wildman–Crippen LogP) is 4.34. The van der Waals surface area contributed by atoms with Gasteiger partial charge in [0.2, 0.25) is 0 Å². The van der Waals surface area contributed by atoms with Gasteiger partial charge in [0, 0.05) is 0 Å². The van der Waals surface area contributed by atoms with Gasteiger partial charge in [-0.1, -0.05) is 67.3 Å². The third-order valence-corrected chi connectivity index (χ3v) is 4.32. The van der Waals surface area contributed by atoms with Gasteiger partial charge in [-0.3, -0.25) is 0 Å². The fourth-order valence-corrected chi connectivity index (χ4v) is 2.53. The van der Waals surface area contributed by atoms with Crippen molar-refractivity contribution in [1.82, 2.24) is 0 Å². The van der Waals surface area contributed by atoms with E-state index < -0.39 is 0 Å². The van der Waals surface area contributed by atoms with Crippen LogP contribution in [0.2, 0.25) is 0 Å². The van der Waals surface area contributed by atoms with Gasteiger partial charge in [0.05, 0.1) is 0 Å². The summed E-state index contributed by atoms with van der Waals surface area (Å²) in [7, 11) is 0. The van der Waals surface area contributed by atoms with Gasteiger partial charge in [-0.15, -0.1) is 0 Å². The molecule has 118 valence electrons. The van der Waals surface area contributed by atoms with Gasteiger partial charge in [0.15, 0.2) is 0 Å². The van der Waals surface area contributed by atoms with E-state index in [4.69, 9.17) is 0 Å². The Labute approximate surface area is 148 Å². The molecule has 2 aliphatic carbocycles. The average molecular weight is 344 g/mol. The summed E-state index contributed by atoms with van der Waals surface area (Å²) < 4.78 is 0. The van der Waals surface area contributed by atoms with Crippen LogP contribution in [0.25, 0.3) is 5.76 Å². The van der Waals surface area contributed by atoms with Gasteiger partial charge in [-0.25, -0.2) is 12.1 Å². The third kappa shape index (κ3) is 4.31. The standard InChI is InChI=1S/C12H10O.C9H11.Fe/c13-12(11-8-4-5-9-11)10-6-2-1-3-7-10;1-9(6-7-9)8-4-2-3-5-8;/h1-9,13H;2-5H,6-7H2,1H3;/q;-1;+2/p-1. The summed E-state index contributed by atoms with van der Waals surface area (Å²) in [6.45, 7) is 2.34. The smallest absolute Gasteiger partial charge is 0.872 e. The van der Waals surface area contributed by atoms with E-state index in [0.29, 0.717) is 5.41 Å². The molecule has 0 bridgehead atoms. The van der Waals surface area contributed by atoms with E-state index in [1.807, 2.05) is 54.6 Å². The minimum atomic E-state index is 0. The summed E-state index contributed by atoms with van der Waals surface area (Å²) in [6.07, 6.45) is 10.2. The zero-order valence-electron chi connectivity index (χ0n) is 13.2. The Morgan fingerprint density at radius 2 is 1.65 bits per heavy atom. The molecule has 4 rings (SSSR count). The van der Waals surface area contributed by atoms with Crippen LogP contribution in [0.5, 0.6) is 0 Å². The monoisotopic (exact) mass is 344 g/mol. The van der Waals surface area contributed by atoms with Crippen LogP contribution in [-0.4, -0.2) is 0 Å². The molecular weight excluding hydrogens is 324 g/mol. The summed E-state index contributed by atoms with van der Waals surface area (Å²) in [5.74, 6) is 0.0885. The van der Waals surface area contributed by atoms with Crippen LogP contribution >= 0.6 is 0 Å². The first-order valence-electron chi connectivity index (χ1n) is 7.73. The molecule has 0 unspecified atom stereocenters. The first kappa shape index (κ1) is 17.5. The van der Waals surface area contributed by atoms with E-state index in [2.05, 4.69) is 31.2 Å². The van der Waals surface area contributed by atoms with Gasteiger partial charge >= 0.3 is 17.1 Å². The Kier molecular flexibility index (Phi) is 5.76. The maximum absolute atomic E-state index is 11.7. The molecule has 23 heavy (non-hydrogen) atoms. The Morgan fingerprint density at radius 3 is 2.17 bits per heavy atom. The minimum Gasteiger partial charge on any atom is -0.872 e. The minimum absolute atomic E-state index is 0. The molecule has 0 amide bonds. The number of hydrogen-bond acceptors (Lipinski definition) is 1. The summed E-state index contributed by atoms with van der Waals surface area (Å²) in [5.41, 5.74) is 3.60. The molecule has 0 atom stereocenters. The summed E-state index contributed by atoms with van der Waals surface area (Å²) >= 11 is 0. The molecule has 0 heterocycles. The van der Waals surface area contributed by atoms with Crippen LogP contribution in [0.1, 0.15) is 30.9 Å². The first-order chi connectivity index (χ1) is 10.7. The number of benzene rings is 1. The Balaban J connectivity index is 0.000000169. The number of allylic oxidation sites excluding steroid dienone is 5. The van der Waals surface area contributed by atoms with Crippen molar-refractivity contribution in [3.63, 3.8) is 0 Å². The molecule has 2 aliphatic rings. The molecule has 1 fully saturated rings. The molecule has 0 aromatic heterocycles. The maximum Gasteiger partial charge on any atom is 2.00 e. The third-order valence-electron chi connectivity index (χ3n) is 4.32. The van der Waals surface area contributed by atoms with E-state index in [0.717, 1.165) is 11.1 Å². The van der Waals surface area contributed by atoms with E-state index in [-0.39, 0.29) is 22.8 Å². The fraction of sp³-hybridized carbons (Fsp3) is 0.190. The van der Waals surface area contributed by atoms with Gasteiger partial charge in [-0.05, 0) is 29.4 Å². The Hall–Kier alpha value is -1.89. The SMILES string of the molecule is CC1(c2ccc[cH-]2)CC1.[Fe+2].[O-]C(=C1C=CC=C1)c1ccccc1. The van der Waals surface area contributed by atoms with Gasteiger partial charge in [0.1, 0.15) is 0 Å². The van der Waals surface area contributed by atoms with Crippen molar-refractivity contribution in [3.05, 3.63) is 95.6 Å². The predicted molar refractivity (Wildman–Crippen MR) is 90.3 cm³/mol. The van der Waals surface area contributed by atoms with Crippen molar-refractivity contribution in [2.45, 2.75) is 25.2 Å². The van der Waals surface area contributed by atoms with Crippen LogP contribution in [0.3, 0.4) is 0 Å². The second-order valence-corrected chi connectivity index (χ2v) is 6.10. The summed E-state index contributed by atoms with van der Waals surface area (Å²) in [4.78, 5) is 0. The molecule has 1 nitrogen and oxygen atoms in total.